The van der Waals surface area contributed by atoms with Crippen molar-refractivity contribution >= 4 is 34.5 Å². The van der Waals surface area contributed by atoms with E-state index in [2.05, 4.69) is 89.6 Å². The van der Waals surface area contributed by atoms with Crippen LogP contribution in [0.3, 0.4) is 0 Å². The Balaban J connectivity index is 1.21. The highest BCUT2D eigenvalue weighted by Crippen LogP contribution is 2.23. The first-order chi connectivity index (χ1) is 15.8. The third-order valence-electron chi connectivity index (χ3n) is 5.88. The molecule has 2 fully saturated rings. The van der Waals surface area contributed by atoms with Crippen LogP contribution in [0.4, 0.5) is 34.5 Å². The largest absolute Gasteiger partial charge is 0.369 e. The van der Waals surface area contributed by atoms with Gasteiger partial charge >= 0.3 is 0 Å². The van der Waals surface area contributed by atoms with Crippen LogP contribution in [0.1, 0.15) is 0 Å². The summed E-state index contributed by atoms with van der Waals surface area (Å²) in [4.78, 5) is 13.8. The summed E-state index contributed by atoms with van der Waals surface area (Å²) in [5, 5.41) is 13.5. The zero-order chi connectivity index (χ0) is 21.6. The predicted molar refractivity (Wildman–Crippen MR) is 132 cm³/mol. The summed E-state index contributed by atoms with van der Waals surface area (Å²) in [6.07, 6.45) is 1.77. The van der Waals surface area contributed by atoms with Crippen LogP contribution >= 0.6 is 0 Å². The molecule has 2 aliphatic heterocycles. The Hall–Kier alpha value is -3.36. The lowest BCUT2D eigenvalue weighted by Gasteiger charge is -2.29. The van der Waals surface area contributed by atoms with Crippen LogP contribution in [0.25, 0.3) is 0 Å². The van der Waals surface area contributed by atoms with Crippen molar-refractivity contribution in [1.82, 2.24) is 20.6 Å². The maximum Gasteiger partial charge on any atom is 0.229 e. The molecule has 0 spiro atoms. The van der Waals surface area contributed by atoms with Gasteiger partial charge in [0, 0.05) is 81.3 Å². The number of nitrogens with zero attached hydrogens (tertiary/aromatic N) is 4. The van der Waals surface area contributed by atoms with Gasteiger partial charge in [0.15, 0.2) is 0 Å². The molecule has 0 saturated carbocycles. The maximum absolute atomic E-state index is 4.62. The summed E-state index contributed by atoms with van der Waals surface area (Å²) >= 11 is 0. The van der Waals surface area contributed by atoms with Crippen LogP contribution in [-0.2, 0) is 0 Å². The van der Waals surface area contributed by atoms with E-state index in [0.717, 1.165) is 69.6 Å². The number of benzene rings is 2. The van der Waals surface area contributed by atoms with Crippen molar-refractivity contribution in [3.05, 3.63) is 60.8 Å². The van der Waals surface area contributed by atoms with E-state index in [-0.39, 0.29) is 0 Å². The summed E-state index contributed by atoms with van der Waals surface area (Å²) in [5.41, 5.74) is 4.49. The lowest BCUT2D eigenvalue weighted by Crippen LogP contribution is -2.43. The van der Waals surface area contributed by atoms with Gasteiger partial charge in [-0.05, 0) is 54.6 Å². The third-order valence-corrected chi connectivity index (χ3v) is 5.88. The van der Waals surface area contributed by atoms with Gasteiger partial charge in [-0.15, -0.1) is 0 Å². The molecular formula is C24H30N8. The summed E-state index contributed by atoms with van der Waals surface area (Å²) in [7, 11) is 0. The fourth-order valence-corrected chi connectivity index (χ4v) is 4.12. The molecule has 4 N–H and O–H groups in total. The van der Waals surface area contributed by atoms with E-state index in [1.54, 1.807) is 6.20 Å². The van der Waals surface area contributed by atoms with Crippen molar-refractivity contribution in [2.75, 3.05) is 72.8 Å². The molecule has 0 radical (unpaired) electrons. The highest BCUT2D eigenvalue weighted by Gasteiger charge is 2.11. The van der Waals surface area contributed by atoms with E-state index in [0.29, 0.717) is 5.95 Å². The van der Waals surface area contributed by atoms with Crippen molar-refractivity contribution < 1.29 is 0 Å². The van der Waals surface area contributed by atoms with Crippen molar-refractivity contribution in [3.8, 4) is 0 Å². The van der Waals surface area contributed by atoms with Gasteiger partial charge in [0.25, 0.3) is 0 Å². The van der Waals surface area contributed by atoms with E-state index in [1.807, 2.05) is 6.07 Å². The van der Waals surface area contributed by atoms with Gasteiger partial charge in [0.1, 0.15) is 5.82 Å². The molecule has 0 unspecified atom stereocenters. The van der Waals surface area contributed by atoms with Crippen molar-refractivity contribution in [2.45, 2.75) is 0 Å². The van der Waals surface area contributed by atoms with Gasteiger partial charge in [0.2, 0.25) is 5.95 Å². The minimum absolute atomic E-state index is 0.572. The second-order valence-corrected chi connectivity index (χ2v) is 8.08. The normalized spacial score (nSPS) is 16.6. The van der Waals surface area contributed by atoms with E-state index in [1.165, 1.54) is 11.4 Å². The van der Waals surface area contributed by atoms with Crippen LogP contribution in [0, 0.1) is 0 Å². The first-order valence-electron chi connectivity index (χ1n) is 11.3. The number of hydrogen-bond donors (Lipinski definition) is 4. The van der Waals surface area contributed by atoms with Crippen LogP contribution in [-0.4, -0.2) is 62.3 Å². The number of piperazine rings is 2. The first kappa shape index (κ1) is 20.5. The summed E-state index contributed by atoms with van der Waals surface area (Å²) in [5.74, 6) is 1.33. The highest BCUT2D eigenvalue weighted by atomic mass is 15.2. The maximum atomic E-state index is 4.62. The smallest absolute Gasteiger partial charge is 0.229 e. The molecule has 3 aromatic rings. The Morgan fingerprint density at radius 1 is 0.625 bits per heavy atom. The molecule has 2 saturated heterocycles. The molecule has 2 aromatic carbocycles. The van der Waals surface area contributed by atoms with Crippen molar-refractivity contribution in [2.24, 2.45) is 0 Å². The Bertz CT molecular complexity index is 915. The van der Waals surface area contributed by atoms with Gasteiger partial charge < -0.3 is 31.1 Å². The lowest BCUT2D eigenvalue weighted by molar-refractivity contribution is 0.589. The number of nitrogens with one attached hydrogen (secondary N) is 4. The minimum atomic E-state index is 0.572. The molecule has 8 heteroatoms. The summed E-state index contributed by atoms with van der Waals surface area (Å²) in [6.45, 7) is 8.32. The average molecular weight is 431 g/mol. The van der Waals surface area contributed by atoms with Gasteiger partial charge in [-0.3, -0.25) is 0 Å². The first-order valence-corrected chi connectivity index (χ1v) is 11.3. The number of aromatic nitrogens is 2. The Kier molecular flexibility index (Phi) is 6.32. The summed E-state index contributed by atoms with van der Waals surface area (Å²) in [6, 6.07) is 18.9. The molecule has 0 bridgehead atoms. The standard InChI is InChI=1S/C24H30N8/c1-5-21(31-15-11-25-12-16-31)6-2-19(1)28-23-9-10-27-24(30-23)29-20-3-7-22(8-4-20)32-17-13-26-14-18-32/h1-10,25-26H,11-18H2,(H2,27,28,29,30). The molecule has 5 rings (SSSR count). The monoisotopic (exact) mass is 430 g/mol. The number of hydrogen-bond acceptors (Lipinski definition) is 8. The highest BCUT2D eigenvalue weighted by molar-refractivity contribution is 5.63. The zero-order valence-corrected chi connectivity index (χ0v) is 18.2. The fraction of sp³-hybridized carbons (Fsp3) is 0.333. The zero-order valence-electron chi connectivity index (χ0n) is 18.2. The fourth-order valence-electron chi connectivity index (χ4n) is 4.12. The molecule has 3 heterocycles. The minimum Gasteiger partial charge on any atom is -0.369 e. The molecule has 0 atom stereocenters. The van der Waals surface area contributed by atoms with E-state index in [9.17, 15) is 0 Å². The molecule has 1 aromatic heterocycles. The number of anilines is 6. The van der Waals surface area contributed by atoms with E-state index >= 15 is 0 Å². The molecule has 0 aliphatic carbocycles. The lowest BCUT2D eigenvalue weighted by atomic mass is 10.2. The quantitative estimate of drug-likeness (QED) is 0.476. The van der Waals surface area contributed by atoms with E-state index < -0.39 is 0 Å². The third kappa shape index (κ3) is 5.09. The summed E-state index contributed by atoms with van der Waals surface area (Å²) < 4.78 is 0. The SMILES string of the molecule is c1cc(Nc2ccc(N3CCNCC3)cc2)nc(Nc2ccc(N3CCNCC3)cc2)n1. The molecular weight excluding hydrogens is 400 g/mol. The molecule has 2 aliphatic rings. The van der Waals surface area contributed by atoms with Gasteiger partial charge in [0.05, 0.1) is 0 Å². The van der Waals surface area contributed by atoms with Gasteiger partial charge in [-0.1, -0.05) is 0 Å². The van der Waals surface area contributed by atoms with Crippen molar-refractivity contribution in [1.29, 1.82) is 0 Å². The van der Waals surface area contributed by atoms with E-state index in [4.69, 9.17) is 0 Å². The Labute approximate surface area is 189 Å². The van der Waals surface area contributed by atoms with Crippen LogP contribution in [0.2, 0.25) is 0 Å². The molecule has 166 valence electrons. The van der Waals surface area contributed by atoms with Crippen LogP contribution in [0.5, 0.6) is 0 Å². The second-order valence-electron chi connectivity index (χ2n) is 8.08. The molecule has 0 amide bonds. The topological polar surface area (TPSA) is 80.4 Å². The van der Waals surface area contributed by atoms with Gasteiger partial charge in [-0.25, -0.2) is 4.98 Å². The van der Waals surface area contributed by atoms with Gasteiger partial charge in [-0.2, -0.15) is 4.98 Å². The van der Waals surface area contributed by atoms with Crippen LogP contribution in [0.15, 0.2) is 60.8 Å². The second kappa shape index (κ2) is 9.84. The Morgan fingerprint density at radius 2 is 1.12 bits per heavy atom. The van der Waals surface area contributed by atoms with Crippen LogP contribution < -0.4 is 31.1 Å². The molecule has 8 nitrogen and oxygen atoms in total. The molecule has 32 heavy (non-hydrogen) atoms. The predicted octanol–water partition coefficient (Wildman–Crippen LogP) is 2.78. The Morgan fingerprint density at radius 3 is 1.66 bits per heavy atom. The number of rotatable bonds is 6. The van der Waals surface area contributed by atoms with Crippen molar-refractivity contribution in [3.63, 3.8) is 0 Å². The average Bonchev–Trinajstić information content (AvgIpc) is 2.86.